The largest absolute Gasteiger partial charge is 0.507 e. The van der Waals surface area contributed by atoms with Crippen molar-refractivity contribution in [3.8, 4) is 11.5 Å². The highest BCUT2D eigenvalue weighted by Crippen LogP contribution is 2.41. The third kappa shape index (κ3) is 4.40. The molecule has 28 heavy (non-hydrogen) atoms. The Hall–Kier alpha value is -3.12. The van der Waals surface area contributed by atoms with E-state index in [1.165, 1.54) is 38.1 Å². The molecule has 0 fully saturated rings. The summed E-state index contributed by atoms with van der Waals surface area (Å²) in [6.07, 6.45) is 2.61. The van der Waals surface area contributed by atoms with Gasteiger partial charge in [0, 0.05) is 6.92 Å². The predicted octanol–water partition coefficient (Wildman–Crippen LogP) is 3.43. The summed E-state index contributed by atoms with van der Waals surface area (Å²) in [5, 5.41) is 20.7. The first-order chi connectivity index (χ1) is 13.3. The van der Waals surface area contributed by atoms with Crippen molar-refractivity contribution in [2.45, 2.75) is 32.0 Å². The highest BCUT2D eigenvalue weighted by Gasteiger charge is 2.30. The van der Waals surface area contributed by atoms with Gasteiger partial charge < -0.3 is 19.7 Å². The van der Waals surface area contributed by atoms with Gasteiger partial charge in [0.25, 0.3) is 0 Å². The number of carbonyl (C=O) groups is 2. The summed E-state index contributed by atoms with van der Waals surface area (Å²) in [6, 6.07) is 12.3. The molecule has 3 rings (SSSR count). The number of rotatable bonds is 5. The van der Waals surface area contributed by atoms with Crippen LogP contribution in [0.3, 0.4) is 0 Å². The molecule has 0 aliphatic carbocycles. The summed E-state index contributed by atoms with van der Waals surface area (Å²) < 4.78 is 10.9. The van der Waals surface area contributed by atoms with Crippen molar-refractivity contribution in [2.75, 3.05) is 6.61 Å². The number of aromatic hydroxyl groups is 1. The molecule has 2 aromatic carbocycles. The molecule has 1 aliphatic heterocycles. The van der Waals surface area contributed by atoms with Gasteiger partial charge >= 0.3 is 5.97 Å². The van der Waals surface area contributed by atoms with Crippen LogP contribution >= 0.6 is 0 Å². The standard InChI is InChI=1S/C22H22O6/c1-14(23)27-13-22(2,26)11-10-17-18(24)9-8-16-19(25)12-20(28-21(16)17)15-6-4-3-5-7-15/h3-11,20,24,26H,12-13H2,1-2H3/b11-10-/t20-,22?/m0/s1. The van der Waals surface area contributed by atoms with E-state index in [0.717, 1.165) is 5.56 Å². The number of benzene rings is 2. The van der Waals surface area contributed by atoms with E-state index in [4.69, 9.17) is 9.47 Å². The van der Waals surface area contributed by atoms with Crippen molar-refractivity contribution in [2.24, 2.45) is 0 Å². The zero-order chi connectivity index (χ0) is 20.3. The van der Waals surface area contributed by atoms with E-state index in [9.17, 15) is 19.8 Å². The average molecular weight is 382 g/mol. The van der Waals surface area contributed by atoms with Crippen molar-refractivity contribution in [1.82, 2.24) is 0 Å². The molecule has 6 nitrogen and oxygen atoms in total. The number of hydrogen-bond donors (Lipinski definition) is 2. The fourth-order valence-electron chi connectivity index (χ4n) is 2.97. The number of phenolic OH excluding ortho intramolecular Hbond substituents is 1. The Bertz CT molecular complexity index is 914. The zero-order valence-electron chi connectivity index (χ0n) is 15.7. The molecule has 1 aliphatic rings. The van der Waals surface area contributed by atoms with Gasteiger partial charge in [-0.05, 0) is 36.8 Å². The SMILES string of the molecule is CC(=O)OCC(C)(O)/C=C\c1c(O)ccc2c1O[C@H](c1ccccc1)CC2=O. The number of Topliss-reactive ketones (excluding diaryl/α,β-unsaturated/α-hetero) is 1. The Balaban J connectivity index is 1.94. The average Bonchev–Trinajstić information content (AvgIpc) is 2.66. The molecule has 2 atom stereocenters. The van der Waals surface area contributed by atoms with Crippen molar-refractivity contribution in [3.05, 3.63) is 65.2 Å². The molecular weight excluding hydrogens is 360 g/mol. The molecule has 2 aromatic rings. The summed E-state index contributed by atoms with van der Waals surface area (Å²) in [6.45, 7) is 2.49. The van der Waals surface area contributed by atoms with Gasteiger partial charge in [0.15, 0.2) is 5.78 Å². The van der Waals surface area contributed by atoms with Crippen molar-refractivity contribution < 1.29 is 29.3 Å². The second-order valence-electron chi connectivity index (χ2n) is 6.99. The van der Waals surface area contributed by atoms with Gasteiger partial charge in [-0.15, -0.1) is 0 Å². The Kier molecular flexibility index (Phi) is 5.51. The number of aliphatic hydroxyl groups is 1. The van der Waals surface area contributed by atoms with Crippen molar-refractivity contribution in [1.29, 1.82) is 0 Å². The lowest BCUT2D eigenvalue weighted by molar-refractivity contribution is -0.145. The van der Waals surface area contributed by atoms with Crippen LogP contribution in [-0.4, -0.2) is 34.2 Å². The topological polar surface area (TPSA) is 93.1 Å². The number of ether oxygens (including phenoxy) is 2. The quantitative estimate of drug-likeness (QED) is 0.770. The Labute approximate surface area is 163 Å². The monoisotopic (exact) mass is 382 g/mol. The van der Waals surface area contributed by atoms with E-state index in [1.807, 2.05) is 30.3 Å². The molecule has 0 amide bonds. The van der Waals surface area contributed by atoms with Crippen molar-refractivity contribution >= 4 is 17.8 Å². The second kappa shape index (κ2) is 7.86. The van der Waals surface area contributed by atoms with Crippen molar-refractivity contribution in [3.63, 3.8) is 0 Å². The van der Waals surface area contributed by atoms with Crippen LogP contribution in [-0.2, 0) is 9.53 Å². The van der Waals surface area contributed by atoms with Gasteiger partial charge in [0.2, 0.25) is 0 Å². The fraction of sp³-hybridized carbons (Fsp3) is 0.273. The molecule has 0 aromatic heterocycles. The van der Waals surface area contributed by atoms with E-state index >= 15 is 0 Å². The molecule has 0 spiro atoms. The fourth-order valence-corrected chi connectivity index (χ4v) is 2.97. The van der Waals surface area contributed by atoms with Crippen LogP contribution in [0.1, 0.15) is 47.9 Å². The summed E-state index contributed by atoms with van der Waals surface area (Å²) in [5.41, 5.74) is 0.0821. The first-order valence-electron chi connectivity index (χ1n) is 8.92. The van der Waals surface area contributed by atoms with Gasteiger partial charge in [0.1, 0.15) is 29.8 Å². The first-order valence-corrected chi connectivity index (χ1v) is 8.92. The molecular formula is C22H22O6. The minimum Gasteiger partial charge on any atom is -0.507 e. The minimum absolute atomic E-state index is 0.0835. The van der Waals surface area contributed by atoms with E-state index in [-0.39, 0.29) is 35.9 Å². The van der Waals surface area contributed by atoms with Crippen LogP contribution in [0.15, 0.2) is 48.5 Å². The van der Waals surface area contributed by atoms with Gasteiger partial charge in [-0.1, -0.05) is 30.3 Å². The van der Waals surface area contributed by atoms with Gasteiger partial charge in [-0.3, -0.25) is 9.59 Å². The lowest BCUT2D eigenvalue weighted by Gasteiger charge is -2.27. The first kappa shape index (κ1) is 19.6. The lowest BCUT2D eigenvalue weighted by Crippen LogP contribution is -2.29. The number of carbonyl (C=O) groups excluding carboxylic acids is 2. The summed E-state index contributed by atoms with van der Waals surface area (Å²) in [5.74, 6) is -0.408. The second-order valence-corrected chi connectivity index (χ2v) is 6.99. The third-order valence-corrected chi connectivity index (χ3v) is 4.45. The van der Waals surface area contributed by atoms with Crippen LogP contribution < -0.4 is 4.74 Å². The normalized spacial score (nSPS) is 18.2. The molecule has 1 heterocycles. The Morgan fingerprint density at radius 2 is 2.00 bits per heavy atom. The summed E-state index contributed by atoms with van der Waals surface area (Å²) >= 11 is 0. The molecule has 6 heteroatoms. The van der Waals surface area contributed by atoms with E-state index in [1.54, 1.807) is 0 Å². The zero-order valence-corrected chi connectivity index (χ0v) is 15.7. The maximum absolute atomic E-state index is 12.6. The third-order valence-electron chi connectivity index (χ3n) is 4.45. The highest BCUT2D eigenvalue weighted by atomic mass is 16.5. The molecule has 146 valence electrons. The van der Waals surface area contributed by atoms with E-state index in [0.29, 0.717) is 5.56 Å². The Morgan fingerprint density at radius 3 is 2.68 bits per heavy atom. The predicted molar refractivity (Wildman–Crippen MR) is 103 cm³/mol. The number of phenols is 1. The maximum atomic E-state index is 12.6. The van der Waals surface area contributed by atoms with Crippen LogP contribution in [0.4, 0.5) is 0 Å². The minimum atomic E-state index is -1.45. The number of fused-ring (bicyclic) bond motifs is 1. The number of esters is 1. The van der Waals surface area contributed by atoms with Crippen LogP contribution in [0, 0.1) is 0 Å². The molecule has 0 saturated carbocycles. The van der Waals surface area contributed by atoms with Crippen LogP contribution in [0.25, 0.3) is 6.08 Å². The molecule has 0 bridgehead atoms. The lowest BCUT2D eigenvalue weighted by atomic mass is 9.93. The number of ketones is 1. The maximum Gasteiger partial charge on any atom is 0.302 e. The molecule has 0 saturated heterocycles. The van der Waals surface area contributed by atoms with Crippen LogP contribution in [0.5, 0.6) is 11.5 Å². The van der Waals surface area contributed by atoms with Crippen LogP contribution in [0.2, 0.25) is 0 Å². The summed E-state index contributed by atoms with van der Waals surface area (Å²) in [7, 11) is 0. The highest BCUT2D eigenvalue weighted by molar-refractivity contribution is 6.01. The molecule has 2 N–H and O–H groups in total. The molecule has 1 unspecified atom stereocenters. The van der Waals surface area contributed by atoms with E-state index < -0.39 is 17.7 Å². The smallest absolute Gasteiger partial charge is 0.302 e. The number of hydrogen-bond acceptors (Lipinski definition) is 6. The van der Waals surface area contributed by atoms with Gasteiger partial charge in [-0.25, -0.2) is 0 Å². The summed E-state index contributed by atoms with van der Waals surface area (Å²) in [4.78, 5) is 23.6. The molecule has 0 radical (unpaired) electrons. The van der Waals surface area contributed by atoms with Gasteiger partial charge in [0.05, 0.1) is 17.5 Å². The Morgan fingerprint density at radius 1 is 1.29 bits per heavy atom. The van der Waals surface area contributed by atoms with E-state index in [2.05, 4.69) is 0 Å². The van der Waals surface area contributed by atoms with Gasteiger partial charge in [-0.2, -0.15) is 0 Å².